The molecule has 21 heavy (non-hydrogen) atoms. The van der Waals surface area contributed by atoms with E-state index in [1.54, 1.807) is 7.11 Å². The van der Waals surface area contributed by atoms with E-state index in [1.807, 2.05) is 43.3 Å². The lowest BCUT2D eigenvalue weighted by Crippen LogP contribution is -2.15. The van der Waals surface area contributed by atoms with Crippen molar-refractivity contribution in [3.63, 3.8) is 0 Å². The molecule has 0 aliphatic carbocycles. The minimum atomic E-state index is -0.138. The van der Waals surface area contributed by atoms with Crippen LogP contribution in [0.15, 0.2) is 47.3 Å². The minimum Gasteiger partial charge on any atom is -0.496 e. The van der Waals surface area contributed by atoms with Gasteiger partial charge in [-0.1, -0.05) is 30.3 Å². The first-order valence-electron chi connectivity index (χ1n) is 6.79. The largest absolute Gasteiger partial charge is 0.496 e. The van der Waals surface area contributed by atoms with E-state index in [0.29, 0.717) is 6.42 Å². The maximum absolute atomic E-state index is 11.9. The maximum atomic E-state index is 11.9. The number of aromatic nitrogens is 2. The molecule has 1 N–H and O–H groups in total. The molecule has 106 valence electrons. The molecular weight excluding hydrogens is 264 g/mol. The summed E-state index contributed by atoms with van der Waals surface area (Å²) in [6, 6.07) is 13.8. The number of H-pyrrole nitrogens is 1. The maximum Gasteiger partial charge on any atom is 0.267 e. The molecule has 1 heterocycles. The van der Waals surface area contributed by atoms with Crippen LogP contribution in [0.1, 0.15) is 16.8 Å². The fourth-order valence-corrected chi connectivity index (χ4v) is 2.56. The van der Waals surface area contributed by atoms with E-state index in [1.165, 1.54) is 0 Å². The summed E-state index contributed by atoms with van der Waals surface area (Å²) < 4.78 is 5.40. The molecule has 0 fully saturated rings. The van der Waals surface area contributed by atoms with Crippen molar-refractivity contribution in [1.29, 1.82) is 0 Å². The first-order chi connectivity index (χ1) is 10.2. The van der Waals surface area contributed by atoms with Gasteiger partial charge in [-0.05, 0) is 30.0 Å². The molecule has 0 saturated carbocycles. The number of methoxy groups -OCH3 is 1. The Bertz CT molecular complexity index is 853. The number of hydrogen-bond donors (Lipinski definition) is 1. The Morgan fingerprint density at radius 3 is 2.62 bits per heavy atom. The summed E-state index contributed by atoms with van der Waals surface area (Å²) in [7, 11) is 1.67. The summed E-state index contributed by atoms with van der Waals surface area (Å²) in [4.78, 5) is 11.9. The molecule has 1 aromatic heterocycles. The Hall–Kier alpha value is -2.62. The molecule has 4 heteroatoms. The zero-order chi connectivity index (χ0) is 14.8. The van der Waals surface area contributed by atoms with Crippen LogP contribution in [0.4, 0.5) is 0 Å². The monoisotopic (exact) mass is 280 g/mol. The first-order valence-corrected chi connectivity index (χ1v) is 6.79. The van der Waals surface area contributed by atoms with E-state index >= 15 is 0 Å². The topological polar surface area (TPSA) is 55.0 Å². The van der Waals surface area contributed by atoms with Crippen LogP contribution in [0.5, 0.6) is 5.75 Å². The molecule has 0 atom stereocenters. The average Bonchev–Trinajstić information content (AvgIpc) is 2.51. The number of rotatable bonds is 3. The number of nitrogens with zero attached hydrogens (tertiary/aromatic N) is 1. The minimum absolute atomic E-state index is 0.138. The second kappa shape index (κ2) is 5.40. The molecule has 2 aromatic carbocycles. The van der Waals surface area contributed by atoms with Gasteiger partial charge in [0.15, 0.2) is 0 Å². The standard InChI is InChI=1S/C17H16N2O2/c1-11-9-13(17(20)19-18-11)10-12-7-8-16(21-2)15-6-4-3-5-14(12)15/h3-9H,10H2,1-2H3,(H,19,20). The number of aromatic amines is 1. The van der Waals surface area contributed by atoms with Crippen LogP contribution in [0.2, 0.25) is 0 Å². The van der Waals surface area contributed by atoms with Gasteiger partial charge in [-0.2, -0.15) is 5.10 Å². The van der Waals surface area contributed by atoms with Crippen LogP contribution >= 0.6 is 0 Å². The Morgan fingerprint density at radius 1 is 1.10 bits per heavy atom. The van der Waals surface area contributed by atoms with Gasteiger partial charge in [-0.3, -0.25) is 4.79 Å². The van der Waals surface area contributed by atoms with E-state index in [9.17, 15) is 4.79 Å². The van der Waals surface area contributed by atoms with Gasteiger partial charge in [0.25, 0.3) is 5.56 Å². The van der Waals surface area contributed by atoms with Crippen molar-refractivity contribution in [1.82, 2.24) is 10.2 Å². The predicted molar refractivity (Wildman–Crippen MR) is 82.9 cm³/mol. The number of fused-ring (bicyclic) bond motifs is 1. The SMILES string of the molecule is COc1ccc(Cc2cc(C)n[nH]c2=O)c2ccccc12. The van der Waals surface area contributed by atoms with E-state index in [-0.39, 0.29) is 5.56 Å². The van der Waals surface area contributed by atoms with Crippen LogP contribution in [0, 0.1) is 6.92 Å². The predicted octanol–water partition coefficient (Wildman–Crippen LogP) is 2.83. The second-order valence-corrected chi connectivity index (χ2v) is 5.01. The highest BCUT2D eigenvalue weighted by Gasteiger charge is 2.09. The van der Waals surface area contributed by atoms with Crippen molar-refractivity contribution < 1.29 is 4.74 Å². The fourth-order valence-electron chi connectivity index (χ4n) is 2.56. The molecule has 0 aliphatic rings. The highest BCUT2D eigenvalue weighted by Crippen LogP contribution is 2.29. The summed E-state index contributed by atoms with van der Waals surface area (Å²) >= 11 is 0. The Morgan fingerprint density at radius 2 is 1.86 bits per heavy atom. The van der Waals surface area contributed by atoms with E-state index in [4.69, 9.17) is 4.74 Å². The van der Waals surface area contributed by atoms with Crippen LogP contribution < -0.4 is 10.3 Å². The zero-order valence-electron chi connectivity index (χ0n) is 12.0. The van der Waals surface area contributed by atoms with Gasteiger partial charge in [0.1, 0.15) is 5.75 Å². The quantitative estimate of drug-likeness (QED) is 0.802. The number of ether oxygens (including phenoxy) is 1. The number of hydrogen-bond acceptors (Lipinski definition) is 3. The lowest BCUT2D eigenvalue weighted by molar-refractivity contribution is 0.419. The van der Waals surface area contributed by atoms with Gasteiger partial charge in [-0.15, -0.1) is 0 Å². The molecule has 0 saturated heterocycles. The third-order valence-corrected chi connectivity index (χ3v) is 3.58. The Kier molecular flexibility index (Phi) is 3.44. The number of aryl methyl sites for hydroxylation is 1. The number of nitrogens with one attached hydrogen (secondary N) is 1. The third-order valence-electron chi connectivity index (χ3n) is 3.58. The Balaban J connectivity index is 2.13. The molecule has 4 nitrogen and oxygen atoms in total. The molecule has 0 spiro atoms. The van der Waals surface area contributed by atoms with E-state index < -0.39 is 0 Å². The van der Waals surface area contributed by atoms with Crippen LogP contribution in [0.3, 0.4) is 0 Å². The number of benzene rings is 2. The second-order valence-electron chi connectivity index (χ2n) is 5.01. The molecule has 3 rings (SSSR count). The van der Waals surface area contributed by atoms with Crippen molar-refractivity contribution in [2.24, 2.45) is 0 Å². The van der Waals surface area contributed by atoms with Gasteiger partial charge in [-0.25, -0.2) is 5.10 Å². The first kappa shape index (κ1) is 13.4. The van der Waals surface area contributed by atoms with Gasteiger partial charge in [0, 0.05) is 17.4 Å². The van der Waals surface area contributed by atoms with E-state index in [0.717, 1.165) is 33.3 Å². The highest BCUT2D eigenvalue weighted by atomic mass is 16.5. The smallest absolute Gasteiger partial charge is 0.267 e. The van der Waals surface area contributed by atoms with Crippen LogP contribution in [-0.2, 0) is 6.42 Å². The molecule has 0 radical (unpaired) electrons. The molecule has 0 aliphatic heterocycles. The fraction of sp³-hybridized carbons (Fsp3) is 0.176. The Labute approximate surface area is 122 Å². The van der Waals surface area contributed by atoms with Crippen molar-refractivity contribution in [3.8, 4) is 5.75 Å². The van der Waals surface area contributed by atoms with Gasteiger partial charge in [0.2, 0.25) is 0 Å². The molecule has 3 aromatic rings. The summed E-state index contributed by atoms with van der Waals surface area (Å²) in [5.41, 5.74) is 2.49. The average molecular weight is 280 g/mol. The molecular formula is C17H16N2O2. The molecule has 0 amide bonds. The van der Waals surface area contributed by atoms with Crippen LogP contribution in [-0.4, -0.2) is 17.3 Å². The van der Waals surface area contributed by atoms with Crippen molar-refractivity contribution in [2.45, 2.75) is 13.3 Å². The van der Waals surface area contributed by atoms with Crippen molar-refractivity contribution >= 4 is 10.8 Å². The third kappa shape index (κ3) is 2.52. The summed E-state index contributed by atoms with van der Waals surface area (Å²) in [6.07, 6.45) is 0.573. The molecule has 0 bridgehead atoms. The van der Waals surface area contributed by atoms with Gasteiger partial charge in [0.05, 0.1) is 12.8 Å². The van der Waals surface area contributed by atoms with Crippen molar-refractivity contribution in [3.05, 3.63) is 69.6 Å². The van der Waals surface area contributed by atoms with Crippen LogP contribution in [0.25, 0.3) is 10.8 Å². The summed E-state index contributed by atoms with van der Waals surface area (Å²) in [6.45, 7) is 1.87. The lowest BCUT2D eigenvalue weighted by atomic mass is 9.98. The summed E-state index contributed by atoms with van der Waals surface area (Å²) in [5, 5.41) is 8.60. The summed E-state index contributed by atoms with van der Waals surface area (Å²) in [5.74, 6) is 0.842. The van der Waals surface area contributed by atoms with Gasteiger partial charge < -0.3 is 4.74 Å². The zero-order valence-corrected chi connectivity index (χ0v) is 12.0. The lowest BCUT2D eigenvalue weighted by Gasteiger charge is -2.10. The van der Waals surface area contributed by atoms with Gasteiger partial charge >= 0.3 is 0 Å². The van der Waals surface area contributed by atoms with E-state index in [2.05, 4.69) is 16.3 Å². The highest BCUT2D eigenvalue weighted by molar-refractivity contribution is 5.91. The molecule has 0 unspecified atom stereocenters. The van der Waals surface area contributed by atoms with Crippen molar-refractivity contribution in [2.75, 3.05) is 7.11 Å². The normalized spacial score (nSPS) is 10.8.